The summed E-state index contributed by atoms with van der Waals surface area (Å²) in [7, 11) is -9.40. The lowest BCUT2D eigenvalue weighted by Gasteiger charge is -2.19. The Hall–Kier alpha value is -3.70. The number of rotatable bonds is 58. The van der Waals surface area contributed by atoms with E-state index < -0.39 is 98.2 Å². The molecule has 0 aromatic carbocycles. The largest absolute Gasteiger partial charge is 0.570 e. The minimum atomic E-state index is -4.70. The van der Waals surface area contributed by atoms with Gasteiger partial charge in [-0.3, -0.25) is 19.2 Å². The SMILES string of the molecule is CCC=CCC=CCCCCCCC(=O)OCC(CO[P+](O)(O)OCC(O)CO[P+](O)(O)OCC(COC(=O)CCCCCCC=CCC=CCC)OC(=O)CCCCCCC=CCC=CCC)OC(=O)CCCCCCC=CCC=CCC. The number of esters is 4. The summed E-state index contributed by atoms with van der Waals surface area (Å²) >= 11 is 0. The number of ether oxygens (including phenoxy) is 4. The summed E-state index contributed by atoms with van der Waals surface area (Å²) in [6.07, 6.45) is 55.5. The molecule has 84 heavy (non-hydrogen) atoms. The van der Waals surface area contributed by atoms with Crippen molar-refractivity contribution in [2.45, 2.75) is 251 Å². The van der Waals surface area contributed by atoms with E-state index in [2.05, 4.69) is 125 Å². The Kier molecular flexibility index (Phi) is 55.8. The lowest BCUT2D eigenvalue weighted by Crippen LogP contribution is -2.31. The molecule has 0 saturated carbocycles. The molecular weight excluding hydrogens is 1110 g/mol. The van der Waals surface area contributed by atoms with E-state index in [1.165, 1.54) is 0 Å². The fourth-order valence-electron chi connectivity index (χ4n) is 7.85. The molecule has 0 aromatic rings. The van der Waals surface area contributed by atoms with Crippen LogP contribution < -0.4 is 0 Å². The number of hydrogen-bond acceptors (Lipinski definition) is 17. The molecule has 0 aliphatic carbocycles. The molecule has 0 spiro atoms. The quantitative estimate of drug-likeness (QED) is 0.0125. The van der Waals surface area contributed by atoms with Gasteiger partial charge in [-0.1, -0.05) is 176 Å². The zero-order valence-corrected chi connectivity index (χ0v) is 53.7. The maximum Gasteiger partial charge on any atom is 0.570 e. The van der Waals surface area contributed by atoms with Gasteiger partial charge in [0.05, 0.1) is 0 Å². The topological polar surface area (TPSA) is 243 Å². The van der Waals surface area contributed by atoms with Crippen LogP contribution in [0.15, 0.2) is 97.2 Å². The summed E-state index contributed by atoms with van der Waals surface area (Å²) in [5.74, 6) is -2.18. The molecule has 482 valence electrons. The van der Waals surface area contributed by atoms with Gasteiger partial charge in [0.15, 0.2) is 12.2 Å². The maximum absolute atomic E-state index is 12.9. The van der Waals surface area contributed by atoms with E-state index in [1.807, 2.05) is 0 Å². The van der Waals surface area contributed by atoms with Crippen LogP contribution in [0.3, 0.4) is 0 Å². The second kappa shape index (κ2) is 58.3. The van der Waals surface area contributed by atoms with E-state index in [0.29, 0.717) is 25.7 Å². The monoisotopic (exact) mass is 1230 g/mol. The third kappa shape index (κ3) is 57.4. The molecule has 0 amide bonds. The van der Waals surface area contributed by atoms with Crippen LogP contribution in [0.25, 0.3) is 0 Å². The summed E-state index contributed by atoms with van der Waals surface area (Å²) in [6, 6.07) is 0. The smallest absolute Gasteiger partial charge is 0.462 e. The zero-order chi connectivity index (χ0) is 61.9. The van der Waals surface area contributed by atoms with Crippen molar-refractivity contribution in [2.75, 3.05) is 39.6 Å². The summed E-state index contributed by atoms with van der Waals surface area (Å²) in [6.45, 7) is 4.67. The van der Waals surface area contributed by atoms with Gasteiger partial charge in [-0.25, -0.2) is 0 Å². The number of aliphatic hydroxyl groups excluding tert-OH is 1. The van der Waals surface area contributed by atoms with Gasteiger partial charge < -0.3 is 24.1 Å². The highest BCUT2D eigenvalue weighted by Crippen LogP contribution is 2.54. The van der Waals surface area contributed by atoms with Crippen LogP contribution in [0.4, 0.5) is 0 Å². The lowest BCUT2D eigenvalue weighted by molar-refractivity contribution is -0.161. The number of allylic oxidation sites excluding steroid dienone is 16. The van der Waals surface area contributed by atoms with Crippen LogP contribution in [0.1, 0.15) is 233 Å². The van der Waals surface area contributed by atoms with Crippen LogP contribution in [-0.4, -0.2) is 107 Å². The number of carbonyl (C=O) groups is 4. The van der Waals surface area contributed by atoms with Gasteiger partial charge >= 0.3 is 40.2 Å². The molecule has 0 saturated heterocycles. The van der Waals surface area contributed by atoms with Crippen LogP contribution in [0.2, 0.25) is 0 Å². The molecule has 17 nitrogen and oxygen atoms in total. The Morgan fingerprint density at radius 3 is 0.857 bits per heavy atom. The molecule has 2 unspecified atom stereocenters. The average Bonchev–Trinajstić information content (AvgIpc) is 3.58. The summed E-state index contributed by atoms with van der Waals surface area (Å²) in [5, 5.41) is 10.6. The van der Waals surface area contributed by atoms with Gasteiger partial charge in [-0.05, 0) is 128 Å². The number of carbonyl (C=O) groups excluding carboxylic acids is 4. The van der Waals surface area contributed by atoms with E-state index >= 15 is 0 Å². The van der Waals surface area contributed by atoms with Gasteiger partial charge in [0.1, 0.15) is 45.7 Å². The van der Waals surface area contributed by atoms with Crippen molar-refractivity contribution in [1.82, 2.24) is 0 Å². The van der Waals surface area contributed by atoms with Gasteiger partial charge in [-0.15, -0.1) is 9.05 Å². The highest BCUT2D eigenvalue weighted by molar-refractivity contribution is 7.54. The number of aliphatic hydroxyl groups is 1. The van der Waals surface area contributed by atoms with Crippen LogP contribution in [0.5, 0.6) is 0 Å². The second-order valence-corrected chi connectivity index (χ2v) is 23.6. The van der Waals surface area contributed by atoms with E-state index in [0.717, 1.165) is 154 Å². The Morgan fingerprint density at radius 2 is 0.571 bits per heavy atom. The fourth-order valence-corrected chi connectivity index (χ4v) is 9.45. The van der Waals surface area contributed by atoms with E-state index in [4.69, 9.17) is 37.0 Å². The van der Waals surface area contributed by atoms with Gasteiger partial charge in [-0.2, -0.15) is 28.6 Å². The fraction of sp³-hybridized carbons (Fsp3) is 0.692. The van der Waals surface area contributed by atoms with E-state index in [1.54, 1.807) is 0 Å². The van der Waals surface area contributed by atoms with Crippen molar-refractivity contribution in [2.24, 2.45) is 0 Å². The first-order valence-corrected chi connectivity index (χ1v) is 34.6. The molecule has 0 aliphatic rings. The molecule has 0 rings (SSSR count). The highest BCUT2D eigenvalue weighted by Gasteiger charge is 2.44. The molecular formula is C65H112O17P2+2. The third-order valence-electron chi connectivity index (χ3n) is 12.6. The summed E-state index contributed by atoms with van der Waals surface area (Å²) in [4.78, 5) is 93.6. The third-order valence-corrected chi connectivity index (χ3v) is 14.5. The number of unbranched alkanes of at least 4 members (excludes halogenated alkanes) is 16. The first-order valence-electron chi connectivity index (χ1n) is 31.5. The molecule has 0 radical (unpaired) electrons. The van der Waals surface area contributed by atoms with Crippen LogP contribution in [-0.2, 0) is 56.2 Å². The van der Waals surface area contributed by atoms with Gasteiger partial charge in [0.2, 0.25) is 0 Å². The molecule has 5 N–H and O–H groups in total. The molecule has 0 aromatic heterocycles. The molecule has 19 heteroatoms. The molecule has 0 bridgehead atoms. The highest BCUT2D eigenvalue weighted by atomic mass is 31.2. The Labute approximate surface area is 507 Å². The van der Waals surface area contributed by atoms with Gasteiger partial charge in [0.25, 0.3) is 0 Å². The molecule has 2 atom stereocenters. The summed E-state index contributed by atoms with van der Waals surface area (Å²) in [5.41, 5.74) is 0. The normalized spacial score (nSPS) is 13.8. The summed E-state index contributed by atoms with van der Waals surface area (Å²) < 4.78 is 42.5. The average molecular weight is 1230 g/mol. The standard InChI is InChI=1S/C65H112O17P2/c1-5-9-13-17-21-25-29-33-37-41-45-49-62(67)75-55-60(81-64(69)51-47-43-39-35-31-27-23-19-15-11-7-3)57-79-83(71,72)77-53-59(66)54-78-84(73,74)80-58-61(82-65(70)52-48-44-40-36-32-28-24-20-16-12-8-4)56-76-63(68)50-46-42-38-34-30-26-22-18-14-10-6-2/h9-16,21-28,59-61,66,71-74H,5-8,17-20,29-58H2,1-4H3/q+2. The van der Waals surface area contributed by atoms with Crippen molar-refractivity contribution in [3.8, 4) is 0 Å². The number of hydrogen-bond donors (Lipinski definition) is 5. The molecule has 0 fully saturated rings. The molecule has 0 heterocycles. The first kappa shape index (κ1) is 80.3. The second-order valence-electron chi connectivity index (χ2n) is 20.6. The Morgan fingerprint density at radius 1 is 0.321 bits per heavy atom. The van der Waals surface area contributed by atoms with Crippen LogP contribution >= 0.6 is 16.3 Å². The zero-order valence-electron chi connectivity index (χ0n) is 51.9. The van der Waals surface area contributed by atoms with E-state index in [-0.39, 0.29) is 25.7 Å². The molecule has 0 aliphatic heterocycles. The minimum Gasteiger partial charge on any atom is -0.462 e. The van der Waals surface area contributed by atoms with Crippen molar-refractivity contribution < 1.29 is 80.9 Å². The Balaban J connectivity index is 5.33. The predicted molar refractivity (Wildman–Crippen MR) is 338 cm³/mol. The van der Waals surface area contributed by atoms with E-state index in [9.17, 15) is 43.9 Å². The van der Waals surface area contributed by atoms with Crippen molar-refractivity contribution in [3.05, 3.63) is 97.2 Å². The Bertz CT molecular complexity index is 1730. The van der Waals surface area contributed by atoms with Crippen molar-refractivity contribution in [3.63, 3.8) is 0 Å². The van der Waals surface area contributed by atoms with Crippen molar-refractivity contribution >= 4 is 40.2 Å². The predicted octanol–water partition coefficient (Wildman–Crippen LogP) is 15.7. The van der Waals surface area contributed by atoms with Gasteiger partial charge in [0, 0.05) is 25.7 Å². The minimum absolute atomic E-state index is 0.0877. The lowest BCUT2D eigenvalue weighted by atomic mass is 10.1. The maximum atomic E-state index is 12.9. The van der Waals surface area contributed by atoms with Crippen LogP contribution in [0, 0.1) is 0 Å². The van der Waals surface area contributed by atoms with Crippen molar-refractivity contribution in [1.29, 1.82) is 0 Å². The first-order chi connectivity index (χ1) is 40.7.